The van der Waals surface area contributed by atoms with E-state index in [1.807, 2.05) is 31.2 Å². The Balaban J connectivity index is 1.97. The number of amides is 2. The highest BCUT2D eigenvalue weighted by molar-refractivity contribution is 5.99. The first-order chi connectivity index (χ1) is 10.8. The third-order valence-electron chi connectivity index (χ3n) is 3.76. The standard InChI is InChI=1S/C16H19F3N2O2/c1-11-4-6-12(7-5-11)21-10-2-3-13(15(21)23)20-14(22)8-9-16(17,18)19/h4-7,13H,2-3,8-10H2,1H3,(H,20,22)/t13-/m1/s1. The van der Waals surface area contributed by atoms with E-state index in [0.717, 1.165) is 11.3 Å². The molecule has 4 nitrogen and oxygen atoms in total. The minimum Gasteiger partial charge on any atom is -0.344 e. The number of anilines is 1. The molecule has 1 aromatic carbocycles. The second kappa shape index (κ2) is 7.02. The lowest BCUT2D eigenvalue weighted by molar-refractivity contribution is -0.144. The summed E-state index contributed by atoms with van der Waals surface area (Å²) < 4.78 is 36.4. The Bertz CT molecular complexity index is 570. The Labute approximate surface area is 132 Å². The van der Waals surface area contributed by atoms with Crippen molar-refractivity contribution in [2.45, 2.75) is 44.8 Å². The summed E-state index contributed by atoms with van der Waals surface area (Å²) >= 11 is 0. The van der Waals surface area contributed by atoms with Crippen molar-refractivity contribution in [3.63, 3.8) is 0 Å². The average Bonchev–Trinajstić information content (AvgIpc) is 2.48. The van der Waals surface area contributed by atoms with Gasteiger partial charge in [-0.1, -0.05) is 17.7 Å². The zero-order chi connectivity index (χ0) is 17.0. The van der Waals surface area contributed by atoms with Crippen LogP contribution >= 0.6 is 0 Å². The van der Waals surface area contributed by atoms with E-state index in [9.17, 15) is 22.8 Å². The van der Waals surface area contributed by atoms with E-state index < -0.39 is 31.0 Å². The van der Waals surface area contributed by atoms with Crippen LogP contribution in [-0.4, -0.2) is 30.6 Å². The SMILES string of the molecule is Cc1ccc(N2CCC[C@@H](NC(=O)CCC(F)(F)F)C2=O)cc1. The second-order valence-corrected chi connectivity index (χ2v) is 5.70. The van der Waals surface area contributed by atoms with Gasteiger partial charge in [-0.25, -0.2) is 0 Å². The van der Waals surface area contributed by atoms with Crippen LogP contribution in [-0.2, 0) is 9.59 Å². The molecular weight excluding hydrogens is 309 g/mol. The Morgan fingerprint density at radius 2 is 1.96 bits per heavy atom. The Kier molecular flexibility index (Phi) is 5.28. The molecule has 1 aliphatic heterocycles. The van der Waals surface area contributed by atoms with Gasteiger partial charge in [0.2, 0.25) is 11.8 Å². The predicted octanol–water partition coefficient (Wildman–Crippen LogP) is 2.95. The smallest absolute Gasteiger partial charge is 0.344 e. The van der Waals surface area contributed by atoms with Crippen LogP contribution in [0.25, 0.3) is 0 Å². The third kappa shape index (κ3) is 4.97. The van der Waals surface area contributed by atoms with E-state index in [1.165, 1.54) is 0 Å². The molecule has 1 aromatic rings. The largest absolute Gasteiger partial charge is 0.389 e. The van der Waals surface area contributed by atoms with Gasteiger partial charge in [0.25, 0.3) is 0 Å². The molecule has 126 valence electrons. The van der Waals surface area contributed by atoms with Crippen molar-refractivity contribution < 1.29 is 22.8 Å². The van der Waals surface area contributed by atoms with Crippen LogP contribution in [0.3, 0.4) is 0 Å². The van der Waals surface area contributed by atoms with Crippen LogP contribution in [0.5, 0.6) is 0 Å². The minimum absolute atomic E-state index is 0.277. The summed E-state index contributed by atoms with van der Waals surface area (Å²) in [5.74, 6) is -1.02. The predicted molar refractivity (Wildman–Crippen MR) is 80.0 cm³/mol. The van der Waals surface area contributed by atoms with Gasteiger partial charge in [-0.15, -0.1) is 0 Å². The monoisotopic (exact) mass is 328 g/mol. The molecule has 1 heterocycles. The van der Waals surface area contributed by atoms with E-state index in [-0.39, 0.29) is 5.91 Å². The van der Waals surface area contributed by atoms with Crippen molar-refractivity contribution in [1.29, 1.82) is 0 Å². The fraction of sp³-hybridized carbons (Fsp3) is 0.500. The molecule has 2 amide bonds. The zero-order valence-corrected chi connectivity index (χ0v) is 12.8. The lowest BCUT2D eigenvalue weighted by Crippen LogP contribution is -2.52. The number of nitrogens with zero attached hydrogens (tertiary/aromatic N) is 1. The summed E-state index contributed by atoms with van der Waals surface area (Å²) in [7, 11) is 0. The molecule has 1 atom stereocenters. The number of rotatable bonds is 4. The molecule has 1 N–H and O–H groups in total. The summed E-state index contributed by atoms with van der Waals surface area (Å²) in [6, 6.07) is 6.65. The Morgan fingerprint density at radius 3 is 2.57 bits per heavy atom. The van der Waals surface area contributed by atoms with E-state index in [2.05, 4.69) is 5.32 Å². The molecule has 0 aromatic heterocycles. The van der Waals surface area contributed by atoms with Crippen LogP contribution in [0.15, 0.2) is 24.3 Å². The summed E-state index contributed by atoms with van der Waals surface area (Å²) in [6.07, 6.45) is -5.08. The molecule has 2 rings (SSSR count). The van der Waals surface area contributed by atoms with Crippen LogP contribution in [0, 0.1) is 6.92 Å². The van der Waals surface area contributed by atoms with Crippen LogP contribution in [0.4, 0.5) is 18.9 Å². The maximum absolute atomic E-state index is 12.4. The van der Waals surface area contributed by atoms with Gasteiger partial charge in [0.15, 0.2) is 0 Å². The molecule has 0 bridgehead atoms. The van der Waals surface area contributed by atoms with Gasteiger partial charge in [-0.3, -0.25) is 9.59 Å². The number of carbonyl (C=O) groups is 2. The number of carbonyl (C=O) groups excluding carboxylic acids is 2. The number of piperidine rings is 1. The highest BCUT2D eigenvalue weighted by Gasteiger charge is 2.32. The summed E-state index contributed by atoms with van der Waals surface area (Å²) in [6.45, 7) is 2.47. The van der Waals surface area contributed by atoms with Gasteiger partial charge in [-0.2, -0.15) is 13.2 Å². The molecule has 1 fully saturated rings. The minimum atomic E-state index is -4.37. The van der Waals surface area contributed by atoms with E-state index in [4.69, 9.17) is 0 Å². The van der Waals surface area contributed by atoms with Gasteiger partial charge in [-0.05, 0) is 31.9 Å². The topological polar surface area (TPSA) is 49.4 Å². The van der Waals surface area contributed by atoms with Crippen molar-refractivity contribution in [3.8, 4) is 0 Å². The number of hydrogen-bond acceptors (Lipinski definition) is 2. The number of aryl methyl sites for hydroxylation is 1. The molecule has 0 radical (unpaired) electrons. The van der Waals surface area contributed by atoms with E-state index >= 15 is 0 Å². The molecule has 0 unspecified atom stereocenters. The quantitative estimate of drug-likeness (QED) is 0.924. The molecule has 7 heteroatoms. The lowest BCUT2D eigenvalue weighted by Gasteiger charge is -2.32. The number of nitrogens with one attached hydrogen (secondary N) is 1. The molecule has 0 aliphatic carbocycles. The van der Waals surface area contributed by atoms with Gasteiger partial charge < -0.3 is 10.2 Å². The lowest BCUT2D eigenvalue weighted by atomic mass is 10.0. The number of alkyl halides is 3. The molecule has 1 aliphatic rings. The first-order valence-corrected chi connectivity index (χ1v) is 7.50. The zero-order valence-electron chi connectivity index (χ0n) is 12.8. The Hall–Kier alpha value is -2.05. The van der Waals surface area contributed by atoms with Gasteiger partial charge in [0.05, 0.1) is 6.42 Å². The van der Waals surface area contributed by atoms with Gasteiger partial charge in [0, 0.05) is 18.7 Å². The number of halogens is 3. The van der Waals surface area contributed by atoms with Crippen molar-refractivity contribution in [1.82, 2.24) is 5.32 Å². The van der Waals surface area contributed by atoms with Crippen molar-refractivity contribution in [3.05, 3.63) is 29.8 Å². The second-order valence-electron chi connectivity index (χ2n) is 5.70. The highest BCUT2D eigenvalue weighted by atomic mass is 19.4. The first kappa shape index (κ1) is 17.3. The number of benzene rings is 1. The van der Waals surface area contributed by atoms with Gasteiger partial charge in [0.1, 0.15) is 6.04 Å². The van der Waals surface area contributed by atoms with Crippen LogP contribution in [0.2, 0.25) is 0 Å². The maximum Gasteiger partial charge on any atom is 0.389 e. The fourth-order valence-electron chi connectivity index (χ4n) is 2.51. The fourth-order valence-corrected chi connectivity index (χ4v) is 2.51. The Morgan fingerprint density at radius 1 is 1.30 bits per heavy atom. The van der Waals surface area contributed by atoms with Crippen LogP contribution in [0.1, 0.15) is 31.2 Å². The summed E-state index contributed by atoms with van der Waals surface area (Å²) in [5, 5.41) is 2.42. The summed E-state index contributed by atoms with van der Waals surface area (Å²) in [4.78, 5) is 25.6. The normalized spacial score (nSPS) is 18.9. The van der Waals surface area contributed by atoms with Crippen molar-refractivity contribution in [2.75, 3.05) is 11.4 Å². The summed E-state index contributed by atoms with van der Waals surface area (Å²) in [5.41, 5.74) is 1.80. The van der Waals surface area contributed by atoms with Crippen molar-refractivity contribution in [2.24, 2.45) is 0 Å². The maximum atomic E-state index is 12.4. The van der Waals surface area contributed by atoms with E-state index in [1.54, 1.807) is 4.90 Å². The molecule has 1 saturated heterocycles. The number of hydrogen-bond donors (Lipinski definition) is 1. The molecular formula is C16H19F3N2O2. The molecule has 23 heavy (non-hydrogen) atoms. The van der Waals surface area contributed by atoms with E-state index in [0.29, 0.717) is 19.4 Å². The van der Waals surface area contributed by atoms with Crippen LogP contribution < -0.4 is 10.2 Å². The molecule has 0 spiro atoms. The third-order valence-corrected chi connectivity index (χ3v) is 3.76. The molecule has 0 saturated carbocycles. The average molecular weight is 328 g/mol. The first-order valence-electron chi connectivity index (χ1n) is 7.50. The van der Waals surface area contributed by atoms with Gasteiger partial charge >= 0.3 is 6.18 Å². The highest BCUT2D eigenvalue weighted by Crippen LogP contribution is 2.23. The van der Waals surface area contributed by atoms with Crippen molar-refractivity contribution >= 4 is 17.5 Å².